The maximum absolute atomic E-state index is 12.1. The molecule has 7 nitrogen and oxygen atoms in total. The summed E-state index contributed by atoms with van der Waals surface area (Å²) in [6, 6.07) is 9.21. The number of unbranched alkanes of at least 4 members (excludes halogenated alkanes) is 1. The van der Waals surface area contributed by atoms with Crippen molar-refractivity contribution in [1.82, 2.24) is 5.43 Å². The minimum absolute atomic E-state index is 0.331. The van der Waals surface area contributed by atoms with Crippen molar-refractivity contribution < 1.29 is 19.1 Å². The van der Waals surface area contributed by atoms with Crippen molar-refractivity contribution in [2.45, 2.75) is 47.0 Å². The molecule has 32 heavy (non-hydrogen) atoms. The molecule has 0 aromatic heterocycles. The zero-order chi connectivity index (χ0) is 23.5. The molecule has 2 N–H and O–H groups in total. The minimum atomic E-state index is -0.508. The van der Waals surface area contributed by atoms with Crippen LogP contribution in [0.3, 0.4) is 0 Å². The minimum Gasteiger partial charge on any atom is -0.490 e. The lowest BCUT2D eigenvalue weighted by Crippen LogP contribution is -2.24. The number of amides is 2. The molecule has 0 spiro atoms. The second-order valence-corrected chi connectivity index (χ2v) is 8.14. The standard InChI is InChI=1S/C24H30BrN3O4/c1-5-7-10-32-24-20(25)12-18(13-21(24)31-6-2)15-26-28-23(30)14-22(29)27-19-9-8-16(3)17(4)11-19/h8-9,11-13,15H,5-7,10,14H2,1-4H3,(H,27,29)(H,28,30). The third-order valence-corrected chi connectivity index (χ3v) is 5.18. The van der Waals surface area contributed by atoms with Gasteiger partial charge in [-0.05, 0) is 84.1 Å². The van der Waals surface area contributed by atoms with Crippen LogP contribution in [-0.4, -0.2) is 31.2 Å². The van der Waals surface area contributed by atoms with Crippen molar-refractivity contribution in [2.24, 2.45) is 5.10 Å². The van der Waals surface area contributed by atoms with Gasteiger partial charge in [-0.1, -0.05) is 19.4 Å². The Labute approximate surface area is 197 Å². The number of hydrogen-bond acceptors (Lipinski definition) is 5. The Morgan fingerprint density at radius 1 is 1.06 bits per heavy atom. The van der Waals surface area contributed by atoms with E-state index >= 15 is 0 Å². The van der Waals surface area contributed by atoms with Gasteiger partial charge >= 0.3 is 0 Å². The Kier molecular flexibility index (Phi) is 10.2. The number of hydrazone groups is 1. The summed E-state index contributed by atoms with van der Waals surface area (Å²) in [5.41, 5.74) is 5.95. The number of benzene rings is 2. The normalized spacial score (nSPS) is 10.8. The monoisotopic (exact) mass is 503 g/mol. The molecule has 2 rings (SSSR count). The Bertz CT molecular complexity index is 976. The van der Waals surface area contributed by atoms with Crippen LogP contribution in [0.5, 0.6) is 11.5 Å². The van der Waals surface area contributed by atoms with Crippen molar-refractivity contribution >= 4 is 39.6 Å². The Balaban J connectivity index is 1.94. The fraction of sp³-hybridized carbons (Fsp3) is 0.375. The van der Waals surface area contributed by atoms with Crippen LogP contribution < -0.4 is 20.2 Å². The molecule has 0 saturated carbocycles. The van der Waals surface area contributed by atoms with Crippen molar-refractivity contribution in [2.75, 3.05) is 18.5 Å². The van der Waals surface area contributed by atoms with E-state index in [1.165, 1.54) is 6.21 Å². The average molecular weight is 504 g/mol. The average Bonchev–Trinajstić information content (AvgIpc) is 2.73. The van der Waals surface area contributed by atoms with E-state index < -0.39 is 11.8 Å². The third-order valence-electron chi connectivity index (χ3n) is 4.59. The fourth-order valence-electron chi connectivity index (χ4n) is 2.77. The topological polar surface area (TPSA) is 89.0 Å². The van der Waals surface area contributed by atoms with E-state index in [1.54, 1.807) is 12.1 Å². The number of carbonyl (C=O) groups is 2. The number of ether oxygens (including phenoxy) is 2. The van der Waals surface area contributed by atoms with Crippen LogP contribution in [0.25, 0.3) is 0 Å². The highest BCUT2D eigenvalue weighted by Gasteiger charge is 2.12. The van der Waals surface area contributed by atoms with Crippen LogP contribution in [0.4, 0.5) is 5.69 Å². The number of hydrogen-bond donors (Lipinski definition) is 2. The molecule has 0 aliphatic rings. The molecule has 0 fully saturated rings. The van der Waals surface area contributed by atoms with E-state index in [2.05, 4.69) is 38.7 Å². The molecular formula is C24H30BrN3O4. The lowest BCUT2D eigenvalue weighted by Gasteiger charge is -2.14. The number of aryl methyl sites for hydroxylation is 2. The summed E-state index contributed by atoms with van der Waals surface area (Å²) in [6.07, 6.45) is 3.14. The molecule has 0 bridgehead atoms. The van der Waals surface area contributed by atoms with Gasteiger partial charge in [0.25, 0.3) is 0 Å². The van der Waals surface area contributed by atoms with Gasteiger partial charge in [-0.3, -0.25) is 9.59 Å². The summed E-state index contributed by atoms with van der Waals surface area (Å²) in [4.78, 5) is 24.2. The van der Waals surface area contributed by atoms with E-state index in [-0.39, 0.29) is 6.42 Å². The van der Waals surface area contributed by atoms with Gasteiger partial charge in [-0.2, -0.15) is 5.10 Å². The predicted molar refractivity (Wildman–Crippen MR) is 131 cm³/mol. The van der Waals surface area contributed by atoms with Gasteiger partial charge in [0.15, 0.2) is 11.5 Å². The van der Waals surface area contributed by atoms with Gasteiger partial charge < -0.3 is 14.8 Å². The summed E-state index contributed by atoms with van der Waals surface area (Å²) >= 11 is 3.51. The zero-order valence-corrected chi connectivity index (χ0v) is 20.5. The summed E-state index contributed by atoms with van der Waals surface area (Å²) in [7, 11) is 0. The van der Waals surface area contributed by atoms with Crippen LogP contribution in [0, 0.1) is 13.8 Å². The quantitative estimate of drug-likeness (QED) is 0.192. The number of carbonyl (C=O) groups excluding carboxylic acids is 2. The summed E-state index contributed by atoms with van der Waals surface area (Å²) < 4.78 is 12.3. The first kappa shape index (κ1) is 25.4. The van der Waals surface area contributed by atoms with Crippen molar-refractivity contribution in [3.63, 3.8) is 0 Å². The second kappa shape index (κ2) is 12.9. The lowest BCUT2D eigenvalue weighted by molar-refractivity contribution is -0.126. The number of halogens is 1. The number of anilines is 1. The molecule has 2 aromatic rings. The van der Waals surface area contributed by atoms with Crippen LogP contribution in [0.15, 0.2) is 39.9 Å². The highest BCUT2D eigenvalue weighted by molar-refractivity contribution is 9.10. The first-order valence-electron chi connectivity index (χ1n) is 10.6. The Morgan fingerprint density at radius 2 is 1.84 bits per heavy atom. The van der Waals surface area contributed by atoms with Gasteiger partial charge in [0.05, 0.1) is 23.9 Å². The number of nitrogens with one attached hydrogen (secondary N) is 2. The maximum atomic E-state index is 12.1. The molecule has 172 valence electrons. The van der Waals surface area contributed by atoms with Crippen LogP contribution in [0.2, 0.25) is 0 Å². The SMILES string of the molecule is CCCCOc1c(Br)cc(C=NNC(=O)CC(=O)Nc2ccc(C)c(C)c2)cc1OCC. The highest BCUT2D eigenvalue weighted by Crippen LogP contribution is 2.36. The lowest BCUT2D eigenvalue weighted by atomic mass is 10.1. The molecule has 0 aliphatic heterocycles. The van der Waals surface area contributed by atoms with Crippen molar-refractivity contribution in [1.29, 1.82) is 0 Å². The first-order chi connectivity index (χ1) is 15.3. The molecule has 0 heterocycles. The molecule has 8 heteroatoms. The fourth-order valence-corrected chi connectivity index (χ4v) is 3.35. The zero-order valence-electron chi connectivity index (χ0n) is 19.0. The van der Waals surface area contributed by atoms with E-state index in [0.717, 1.165) is 28.4 Å². The highest BCUT2D eigenvalue weighted by atomic mass is 79.9. The van der Waals surface area contributed by atoms with Crippen LogP contribution in [-0.2, 0) is 9.59 Å². The molecule has 2 amide bonds. The molecule has 0 unspecified atom stereocenters. The number of nitrogens with zero attached hydrogens (tertiary/aromatic N) is 1. The smallest absolute Gasteiger partial charge is 0.249 e. The largest absolute Gasteiger partial charge is 0.490 e. The summed E-state index contributed by atoms with van der Waals surface area (Å²) in [6.45, 7) is 9.05. The summed E-state index contributed by atoms with van der Waals surface area (Å²) in [5.74, 6) is 0.324. The van der Waals surface area contributed by atoms with Crippen molar-refractivity contribution in [3.8, 4) is 11.5 Å². The summed E-state index contributed by atoms with van der Waals surface area (Å²) in [5, 5.41) is 6.67. The van der Waals surface area contributed by atoms with Gasteiger partial charge in [0, 0.05) is 5.69 Å². The van der Waals surface area contributed by atoms with E-state index in [1.807, 2.05) is 39.0 Å². The van der Waals surface area contributed by atoms with E-state index in [9.17, 15) is 9.59 Å². The Hall–Kier alpha value is -2.87. The molecular weight excluding hydrogens is 474 g/mol. The van der Waals surface area contributed by atoms with E-state index in [0.29, 0.717) is 36.0 Å². The third kappa shape index (κ3) is 8.00. The van der Waals surface area contributed by atoms with Gasteiger partial charge in [-0.15, -0.1) is 0 Å². The molecule has 2 aromatic carbocycles. The molecule has 0 atom stereocenters. The molecule has 0 aliphatic carbocycles. The number of rotatable bonds is 11. The Morgan fingerprint density at radius 3 is 2.53 bits per heavy atom. The van der Waals surface area contributed by atoms with Crippen LogP contribution >= 0.6 is 15.9 Å². The van der Waals surface area contributed by atoms with Gasteiger partial charge in [0.2, 0.25) is 11.8 Å². The molecule has 0 radical (unpaired) electrons. The van der Waals surface area contributed by atoms with Gasteiger partial charge in [0.1, 0.15) is 6.42 Å². The first-order valence-corrected chi connectivity index (χ1v) is 11.4. The van der Waals surface area contributed by atoms with E-state index in [4.69, 9.17) is 9.47 Å². The predicted octanol–water partition coefficient (Wildman–Crippen LogP) is 5.12. The van der Waals surface area contributed by atoms with Crippen LogP contribution in [0.1, 0.15) is 49.8 Å². The van der Waals surface area contributed by atoms with Crippen molar-refractivity contribution in [3.05, 3.63) is 51.5 Å². The molecule has 0 saturated heterocycles. The second-order valence-electron chi connectivity index (χ2n) is 7.28. The van der Waals surface area contributed by atoms with Gasteiger partial charge in [-0.25, -0.2) is 5.43 Å². The maximum Gasteiger partial charge on any atom is 0.249 e.